The van der Waals surface area contributed by atoms with Crippen molar-refractivity contribution in [3.63, 3.8) is 0 Å². The van der Waals surface area contributed by atoms with Gasteiger partial charge >= 0.3 is 5.97 Å². The second-order valence-corrected chi connectivity index (χ2v) is 10.8. The molecule has 0 bridgehead atoms. The molecule has 0 spiro atoms. The van der Waals surface area contributed by atoms with Crippen LogP contribution in [0.1, 0.15) is 52.9 Å². The number of guanidine groups is 2. The lowest BCUT2D eigenvalue weighted by molar-refractivity contribution is -0.138. The maximum atomic E-state index is 13.1. The molecule has 0 radical (unpaired) electrons. The van der Waals surface area contributed by atoms with Crippen molar-refractivity contribution in [2.24, 2.45) is 44.6 Å². The predicted molar refractivity (Wildman–Crippen MR) is 168 cm³/mol. The van der Waals surface area contributed by atoms with Crippen molar-refractivity contribution >= 4 is 47.4 Å². The predicted octanol–water partition coefficient (Wildman–Crippen LogP) is -5.38. The highest BCUT2D eigenvalue weighted by molar-refractivity contribution is 5.96. The quantitative estimate of drug-likeness (QED) is 0.0294. The van der Waals surface area contributed by atoms with Crippen LogP contribution in [0.4, 0.5) is 0 Å². The summed E-state index contributed by atoms with van der Waals surface area (Å²) in [6, 6.07) is -6.03. The number of aliphatic carboxylic acids is 1. The average Bonchev–Trinajstić information content (AvgIpc) is 2.96. The molecule has 0 rings (SSSR count). The fourth-order valence-corrected chi connectivity index (χ4v) is 3.83. The smallest absolute Gasteiger partial charge is 0.322 e. The van der Waals surface area contributed by atoms with E-state index in [-0.39, 0.29) is 56.6 Å². The minimum atomic E-state index is -1.51. The van der Waals surface area contributed by atoms with E-state index >= 15 is 0 Å². The number of amides is 5. The van der Waals surface area contributed by atoms with Crippen LogP contribution in [0.15, 0.2) is 9.98 Å². The fourth-order valence-electron chi connectivity index (χ4n) is 3.83. The number of nitrogens with zero attached hydrogens (tertiary/aromatic N) is 2. The zero-order chi connectivity index (χ0) is 35.4. The van der Waals surface area contributed by atoms with Crippen LogP contribution in [0.2, 0.25) is 0 Å². The molecule has 0 aliphatic rings. The van der Waals surface area contributed by atoms with E-state index in [4.69, 9.17) is 33.8 Å². The summed E-state index contributed by atoms with van der Waals surface area (Å²) in [6.45, 7) is 3.75. The summed E-state index contributed by atoms with van der Waals surface area (Å²) in [5.41, 5.74) is 27.2. The molecule has 0 saturated heterocycles. The number of carbonyl (C=O) groups is 6. The standard InChI is InChI=1S/C26H50N12O8/c1-13(2)10-17(22(44)34-11-19(40)41)37-24(46)18(12-39)38-20(42)14(3)35-23(45)16(7-5-9-33-26(30)31)36-21(43)15(27)6-4-8-32-25(28)29/h13-18,39H,4-12,27H2,1-3H3,(H,34,44)(H,35,45)(H,36,43)(H,37,46)(H,38,42)(H,40,41)(H4,28,29,32)(H4,30,31,33). The summed E-state index contributed by atoms with van der Waals surface area (Å²) >= 11 is 0. The van der Waals surface area contributed by atoms with Crippen molar-refractivity contribution in [1.29, 1.82) is 0 Å². The van der Waals surface area contributed by atoms with Gasteiger partial charge in [-0.3, -0.25) is 38.8 Å². The van der Waals surface area contributed by atoms with Gasteiger partial charge in [0, 0.05) is 13.1 Å². The second kappa shape index (κ2) is 21.9. The fraction of sp³-hybridized carbons (Fsp3) is 0.692. The molecule has 20 nitrogen and oxygen atoms in total. The van der Waals surface area contributed by atoms with Crippen LogP contribution in [0.5, 0.6) is 0 Å². The summed E-state index contributed by atoms with van der Waals surface area (Å²) in [4.78, 5) is 82.4. The molecular weight excluding hydrogens is 608 g/mol. The van der Waals surface area contributed by atoms with Crippen LogP contribution >= 0.6 is 0 Å². The van der Waals surface area contributed by atoms with Crippen LogP contribution in [0.3, 0.4) is 0 Å². The lowest BCUT2D eigenvalue weighted by atomic mass is 10.0. The molecule has 17 N–H and O–H groups in total. The van der Waals surface area contributed by atoms with Gasteiger partial charge in [0.1, 0.15) is 30.7 Å². The Labute approximate surface area is 267 Å². The first-order valence-electron chi connectivity index (χ1n) is 14.7. The Kier molecular flexibility index (Phi) is 19.6. The van der Waals surface area contributed by atoms with Gasteiger partial charge in [-0.15, -0.1) is 0 Å². The molecule has 20 heteroatoms. The number of carboxylic acid groups (broad SMARTS) is 1. The SMILES string of the molecule is CC(C)CC(NC(=O)C(CO)NC(=O)C(C)NC(=O)C(CCCN=C(N)N)NC(=O)C(N)CCCN=C(N)N)C(=O)NCC(=O)O. The van der Waals surface area contributed by atoms with Gasteiger partial charge in [-0.05, 0) is 44.9 Å². The molecule has 5 atom stereocenters. The number of aliphatic imine (C=N–C) groups is 2. The highest BCUT2D eigenvalue weighted by atomic mass is 16.4. The van der Waals surface area contributed by atoms with Crippen molar-refractivity contribution in [2.75, 3.05) is 26.2 Å². The minimum absolute atomic E-state index is 0.0757. The lowest BCUT2D eigenvalue weighted by Crippen LogP contribution is -2.59. The first-order chi connectivity index (χ1) is 21.5. The van der Waals surface area contributed by atoms with E-state index in [2.05, 4.69) is 36.6 Å². The van der Waals surface area contributed by atoms with Gasteiger partial charge in [-0.2, -0.15) is 0 Å². The number of hydrogen-bond donors (Lipinski definition) is 12. The Morgan fingerprint density at radius 2 is 1.17 bits per heavy atom. The van der Waals surface area contributed by atoms with Crippen molar-refractivity contribution in [3.8, 4) is 0 Å². The van der Waals surface area contributed by atoms with Gasteiger partial charge in [0.25, 0.3) is 0 Å². The van der Waals surface area contributed by atoms with Crippen molar-refractivity contribution in [1.82, 2.24) is 26.6 Å². The monoisotopic (exact) mass is 658 g/mol. The van der Waals surface area contributed by atoms with Gasteiger partial charge in [0.2, 0.25) is 29.5 Å². The summed E-state index contributed by atoms with van der Waals surface area (Å²) in [7, 11) is 0. The third kappa shape index (κ3) is 18.2. The number of nitrogens with two attached hydrogens (primary N) is 5. The van der Waals surface area contributed by atoms with Gasteiger partial charge in [0.05, 0.1) is 12.6 Å². The molecule has 5 unspecified atom stereocenters. The lowest BCUT2D eigenvalue weighted by Gasteiger charge is -2.25. The third-order valence-corrected chi connectivity index (χ3v) is 6.20. The molecule has 0 fully saturated rings. The topological polar surface area (TPSA) is 358 Å². The van der Waals surface area contributed by atoms with E-state index in [1.165, 1.54) is 6.92 Å². The number of hydrogen-bond acceptors (Lipinski definition) is 10. The maximum absolute atomic E-state index is 13.1. The number of aliphatic hydroxyl groups excluding tert-OH is 1. The van der Waals surface area contributed by atoms with E-state index in [9.17, 15) is 33.9 Å². The normalized spacial score (nSPS) is 14.0. The van der Waals surface area contributed by atoms with Crippen molar-refractivity contribution in [3.05, 3.63) is 0 Å². The number of nitrogens with one attached hydrogen (secondary N) is 5. The number of carboxylic acids is 1. The Bertz CT molecular complexity index is 1090. The summed E-state index contributed by atoms with van der Waals surface area (Å²) in [5, 5.41) is 30.5. The molecule has 5 amide bonds. The molecule has 0 saturated carbocycles. The van der Waals surface area contributed by atoms with E-state index in [1.807, 2.05) is 0 Å². The highest BCUT2D eigenvalue weighted by Gasteiger charge is 2.30. The van der Waals surface area contributed by atoms with Crippen LogP contribution in [0.25, 0.3) is 0 Å². The van der Waals surface area contributed by atoms with Crippen LogP contribution in [-0.4, -0.2) is 114 Å². The molecular formula is C26H50N12O8. The number of rotatable bonds is 22. The molecule has 46 heavy (non-hydrogen) atoms. The Balaban J connectivity index is 5.45. The molecule has 0 heterocycles. The van der Waals surface area contributed by atoms with Gasteiger partial charge in [0.15, 0.2) is 11.9 Å². The van der Waals surface area contributed by atoms with E-state index < -0.39 is 78.9 Å². The average molecular weight is 659 g/mol. The van der Waals surface area contributed by atoms with Crippen LogP contribution in [0, 0.1) is 5.92 Å². The Hall–Kier alpha value is -4.72. The second-order valence-electron chi connectivity index (χ2n) is 10.8. The van der Waals surface area contributed by atoms with Crippen molar-refractivity contribution < 1.29 is 39.0 Å². The third-order valence-electron chi connectivity index (χ3n) is 6.20. The zero-order valence-corrected chi connectivity index (χ0v) is 26.5. The Morgan fingerprint density at radius 1 is 0.674 bits per heavy atom. The minimum Gasteiger partial charge on any atom is -0.480 e. The molecule has 0 aromatic rings. The van der Waals surface area contributed by atoms with Gasteiger partial charge in [-0.1, -0.05) is 13.8 Å². The van der Waals surface area contributed by atoms with Crippen molar-refractivity contribution in [2.45, 2.75) is 83.1 Å². The molecule has 0 aliphatic heterocycles. The van der Waals surface area contributed by atoms with Gasteiger partial charge in [-0.25, -0.2) is 0 Å². The Morgan fingerprint density at radius 3 is 1.67 bits per heavy atom. The molecule has 0 aromatic carbocycles. The zero-order valence-electron chi connectivity index (χ0n) is 26.5. The largest absolute Gasteiger partial charge is 0.480 e. The maximum Gasteiger partial charge on any atom is 0.322 e. The van der Waals surface area contributed by atoms with E-state index in [0.29, 0.717) is 6.42 Å². The van der Waals surface area contributed by atoms with E-state index in [1.54, 1.807) is 13.8 Å². The summed E-state index contributed by atoms with van der Waals surface area (Å²) in [5.74, 6) is -5.52. The summed E-state index contributed by atoms with van der Waals surface area (Å²) in [6.07, 6.45) is 1.11. The first-order valence-corrected chi connectivity index (χ1v) is 14.7. The molecule has 0 aliphatic carbocycles. The highest BCUT2D eigenvalue weighted by Crippen LogP contribution is 2.06. The van der Waals surface area contributed by atoms with E-state index in [0.717, 1.165) is 0 Å². The van der Waals surface area contributed by atoms with Crippen LogP contribution in [-0.2, 0) is 28.8 Å². The molecule has 0 aromatic heterocycles. The summed E-state index contributed by atoms with van der Waals surface area (Å²) < 4.78 is 0. The number of aliphatic hydroxyl groups is 1. The number of carbonyl (C=O) groups excluding carboxylic acids is 5. The van der Waals surface area contributed by atoms with Gasteiger partial charge < -0.3 is 65.5 Å². The molecule has 262 valence electrons. The first kappa shape index (κ1) is 41.3. The van der Waals surface area contributed by atoms with Crippen LogP contribution < -0.4 is 55.3 Å².